The van der Waals surface area contributed by atoms with Crippen LogP contribution >= 0.6 is 11.6 Å². The first-order valence-electron chi connectivity index (χ1n) is 9.40. The summed E-state index contributed by atoms with van der Waals surface area (Å²) >= 11 is 6.03. The largest absolute Gasteiger partial charge is 0.456 e. The summed E-state index contributed by atoms with van der Waals surface area (Å²) in [7, 11) is 0. The van der Waals surface area contributed by atoms with Crippen molar-refractivity contribution in [2.24, 2.45) is 0 Å². The summed E-state index contributed by atoms with van der Waals surface area (Å²) in [5.41, 5.74) is 3.69. The molecule has 0 unspecified atom stereocenters. The molecule has 2 heterocycles. The van der Waals surface area contributed by atoms with E-state index < -0.39 is 5.82 Å². The highest BCUT2D eigenvalue weighted by molar-refractivity contribution is 6.30. The maximum absolute atomic E-state index is 13.7. The van der Waals surface area contributed by atoms with Gasteiger partial charge in [0.05, 0.1) is 16.6 Å². The molecular formula is C25H15ClFNO2. The van der Waals surface area contributed by atoms with Crippen LogP contribution in [0.3, 0.4) is 0 Å². The summed E-state index contributed by atoms with van der Waals surface area (Å²) in [5, 5.41) is 1.74. The standard InChI is InChI=1S/C25H15ClFNO2/c1-14-24(29)20-12-17(27)10-11-23(20)30-25(14)19-13-22(15-6-8-16(26)9-7-15)28-21-5-3-2-4-18(19)21/h2-13H,1H3. The van der Waals surface area contributed by atoms with Crippen molar-refractivity contribution in [1.82, 2.24) is 4.98 Å². The Bertz CT molecular complexity index is 1490. The molecule has 0 saturated heterocycles. The van der Waals surface area contributed by atoms with E-state index in [0.717, 1.165) is 27.7 Å². The predicted octanol–water partition coefficient (Wildman–Crippen LogP) is 6.78. The van der Waals surface area contributed by atoms with Gasteiger partial charge in [0.1, 0.15) is 17.2 Å². The second kappa shape index (κ2) is 7.08. The summed E-state index contributed by atoms with van der Waals surface area (Å²) in [6, 6.07) is 21.0. The van der Waals surface area contributed by atoms with E-state index in [0.29, 0.717) is 21.9 Å². The zero-order chi connectivity index (χ0) is 20.8. The van der Waals surface area contributed by atoms with E-state index >= 15 is 0 Å². The average Bonchev–Trinajstić information content (AvgIpc) is 2.76. The van der Waals surface area contributed by atoms with Gasteiger partial charge in [-0.3, -0.25) is 4.79 Å². The normalized spacial score (nSPS) is 11.3. The summed E-state index contributed by atoms with van der Waals surface area (Å²) in [5.74, 6) is -0.0192. The Labute approximate surface area is 176 Å². The maximum atomic E-state index is 13.7. The lowest BCUT2D eigenvalue weighted by atomic mass is 9.99. The van der Waals surface area contributed by atoms with E-state index in [2.05, 4.69) is 0 Å². The third kappa shape index (κ3) is 3.06. The van der Waals surface area contributed by atoms with E-state index in [9.17, 15) is 9.18 Å². The number of fused-ring (bicyclic) bond motifs is 2. The molecular weight excluding hydrogens is 401 g/mol. The molecule has 5 aromatic rings. The SMILES string of the molecule is Cc1c(-c2cc(-c3ccc(Cl)cc3)nc3ccccc23)oc2ccc(F)cc2c1=O. The van der Waals surface area contributed by atoms with Gasteiger partial charge in [0, 0.05) is 27.1 Å². The van der Waals surface area contributed by atoms with Crippen LogP contribution in [-0.4, -0.2) is 4.98 Å². The van der Waals surface area contributed by atoms with Gasteiger partial charge >= 0.3 is 0 Å². The second-order valence-electron chi connectivity index (χ2n) is 7.10. The van der Waals surface area contributed by atoms with Crippen LogP contribution in [0.15, 0.2) is 82.0 Å². The van der Waals surface area contributed by atoms with Gasteiger partial charge in [-0.05, 0) is 49.4 Å². The maximum Gasteiger partial charge on any atom is 0.196 e. The number of nitrogens with zero attached hydrogens (tertiary/aromatic N) is 1. The van der Waals surface area contributed by atoms with Gasteiger partial charge in [0.15, 0.2) is 5.43 Å². The van der Waals surface area contributed by atoms with Crippen molar-refractivity contribution >= 4 is 33.5 Å². The Hall–Kier alpha value is -3.50. The van der Waals surface area contributed by atoms with E-state index in [1.807, 2.05) is 54.6 Å². The van der Waals surface area contributed by atoms with Gasteiger partial charge < -0.3 is 4.42 Å². The summed E-state index contributed by atoms with van der Waals surface area (Å²) in [6.07, 6.45) is 0. The summed E-state index contributed by atoms with van der Waals surface area (Å²) < 4.78 is 19.8. The number of pyridine rings is 1. The van der Waals surface area contributed by atoms with Gasteiger partial charge in [-0.25, -0.2) is 9.37 Å². The molecule has 5 rings (SSSR count). The predicted molar refractivity (Wildman–Crippen MR) is 118 cm³/mol. The molecule has 0 radical (unpaired) electrons. The Morgan fingerprint density at radius 2 is 1.70 bits per heavy atom. The molecule has 5 heteroatoms. The first-order valence-corrected chi connectivity index (χ1v) is 9.78. The van der Waals surface area contributed by atoms with Crippen LogP contribution < -0.4 is 5.43 Å². The van der Waals surface area contributed by atoms with Crippen molar-refractivity contribution in [3.63, 3.8) is 0 Å². The van der Waals surface area contributed by atoms with Crippen LogP contribution in [-0.2, 0) is 0 Å². The molecule has 30 heavy (non-hydrogen) atoms. The zero-order valence-corrected chi connectivity index (χ0v) is 16.7. The van der Waals surface area contributed by atoms with Crippen molar-refractivity contribution in [2.45, 2.75) is 6.92 Å². The average molecular weight is 416 g/mol. The fourth-order valence-electron chi connectivity index (χ4n) is 3.65. The number of hydrogen-bond acceptors (Lipinski definition) is 3. The highest BCUT2D eigenvalue weighted by Gasteiger charge is 2.17. The zero-order valence-electron chi connectivity index (χ0n) is 15.9. The molecule has 0 atom stereocenters. The van der Waals surface area contributed by atoms with E-state index in [1.54, 1.807) is 6.92 Å². The van der Waals surface area contributed by atoms with Gasteiger partial charge in [-0.15, -0.1) is 0 Å². The van der Waals surface area contributed by atoms with Crippen molar-refractivity contribution in [3.8, 4) is 22.6 Å². The van der Waals surface area contributed by atoms with Crippen molar-refractivity contribution < 1.29 is 8.81 Å². The molecule has 0 aliphatic rings. The third-order valence-electron chi connectivity index (χ3n) is 5.18. The number of benzene rings is 3. The Morgan fingerprint density at radius 3 is 2.50 bits per heavy atom. The van der Waals surface area contributed by atoms with E-state index in [1.165, 1.54) is 18.2 Å². The topological polar surface area (TPSA) is 43.1 Å². The fourth-order valence-corrected chi connectivity index (χ4v) is 3.78. The van der Waals surface area contributed by atoms with Gasteiger partial charge in [-0.1, -0.05) is 41.9 Å². The van der Waals surface area contributed by atoms with Crippen LogP contribution in [0.4, 0.5) is 4.39 Å². The van der Waals surface area contributed by atoms with Crippen LogP contribution in [0, 0.1) is 12.7 Å². The lowest BCUT2D eigenvalue weighted by Crippen LogP contribution is -2.08. The second-order valence-corrected chi connectivity index (χ2v) is 7.54. The molecule has 0 aliphatic carbocycles. The summed E-state index contributed by atoms with van der Waals surface area (Å²) in [6.45, 7) is 1.70. The number of para-hydroxylation sites is 1. The molecule has 0 amide bonds. The minimum absolute atomic E-state index is 0.229. The number of aromatic nitrogens is 1. The van der Waals surface area contributed by atoms with E-state index in [4.69, 9.17) is 21.0 Å². The lowest BCUT2D eigenvalue weighted by Gasteiger charge is -2.12. The molecule has 0 spiro atoms. The summed E-state index contributed by atoms with van der Waals surface area (Å²) in [4.78, 5) is 17.7. The highest BCUT2D eigenvalue weighted by atomic mass is 35.5. The first-order chi connectivity index (χ1) is 14.5. The monoisotopic (exact) mass is 415 g/mol. The molecule has 2 aromatic heterocycles. The molecule has 0 aliphatic heterocycles. The molecule has 3 aromatic carbocycles. The molecule has 3 nitrogen and oxygen atoms in total. The molecule has 0 N–H and O–H groups in total. The van der Waals surface area contributed by atoms with Crippen LogP contribution in [0.25, 0.3) is 44.5 Å². The highest BCUT2D eigenvalue weighted by Crippen LogP contribution is 2.34. The molecule has 0 saturated carbocycles. The van der Waals surface area contributed by atoms with Crippen molar-refractivity contribution in [3.05, 3.63) is 99.4 Å². The number of rotatable bonds is 2. The molecule has 146 valence electrons. The minimum Gasteiger partial charge on any atom is -0.456 e. The van der Waals surface area contributed by atoms with Crippen LogP contribution in [0.5, 0.6) is 0 Å². The number of hydrogen-bond donors (Lipinski definition) is 0. The van der Waals surface area contributed by atoms with E-state index in [-0.39, 0.29) is 10.8 Å². The minimum atomic E-state index is -0.471. The molecule has 0 bridgehead atoms. The fraction of sp³-hybridized carbons (Fsp3) is 0.0400. The Kier molecular flexibility index (Phi) is 4.37. The van der Waals surface area contributed by atoms with Gasteiger partial charge in [0.2, 0.25) is 0 Å². The first kappa shape index (κ1) is 18.5. The quantitative estimate of drug-likeness (QED) is 0.319. The van der Waals surface area contributed by atoms with Crippen molar-refractivity contribution in [1.29, 1.82) is 0 Å². The molecule has 0 fully saturated rings. The number of halogens is 2. The van der Waals surface area contributed by atoms with Crippen molar-refractivity contribution in [2.75, 3.05) is 0 Å². The Morgan fingerprint density at radius 1 is 0.933 bits per heavy atom. The van der Waals surface area contributed by atoms with Gasteiger partial charge in [-0.2, -0.15) is 0 Å². The van der Waals surface area contributed by atoms with Gasteiger partial charge in [0.25, 0.3) is 0 Å². The Balaban J connectivity index is 1.84. The van der Waals surface area contributed by atoms with Crippen LogP contribution in [0.1, 0.15) is 5.56 Å². The smallest absolute Gasteiger partial charge is 0.196 e. The lowest BCUT2D eigenvalue weighted by molar-refractivity contribution is 0.605. The van der Waals surface area contributed by atoms with Crippen LogP contribution in [0.2, 0.25) is 5.02 Å². The third-order valence-corrected chi connectivity index (χ3v) is 5.43.